The molecule has 0 spiro atoms. The zero-order valence-corrected chi connectivity index (χ0v) is 14.9. The zero-order valence-electron chi connectivity index (χ0n) is 14.9. The van der Waals surface area contributed by atoms with E-state index in [0.717, 1.165) is 10.5 Å². The minimum atomic E-state index is -1.13. The molecule has 1 aliphatic heterocycles. The summed E-state index contributed by atoms with van der Waals surface area (Å²) in [5, 5.41) is 2.60. The predicted molar refractivity (Wildman–Crippen MR) is 97.2 cm³/mol. The summed E-state index contributed by atoms with van der Waals surface area (Å²) in [6.45, 7) is 2.80. The molecule has 1 aliphatic rings. The molecule has 0 aromatic heterocycles. The summed E-state index contributed by atoms with van der Waals surface area (Å²) in [4.78, 5) is 49.8. The normalized spacial score (nSPS) is 13.9. The van der Waals surface area contributed by atoms with Crippen LogP contribution >= 0.6 is 0 Å². The second-order valence-electron chi connectivity index (χ2n) is 6.22. The van der Waals surface area contributed by atoms with Crippen molar-refractivity contribution >= 4 is 29.4 Å². The van der Waals surface area contributed by atoms with Gasteiger partial charge in [0.2, 0.25) is 0 Å². The van der Waals surface area contributed by atoms with Crippen LogP contribution in [-0.2, 0) is 14.3 Å². The molecule has 0 saturated heterocycles. The van der Waals surface area contributed by atoms with E-state index in [0.29, 0.717) is 5.69 Å². The Balaban J connectivity index is 1.58. The molecule has 0 fully saturated rings. The van der Waals surface area contributed by atoms with Gasteiger partial charge in [-0.15, -0.1) is 0 Å². The lowest BCUT2D eigenvalue weighted by Crippen LogP contribution is -2.44. The molecule has 7 heteroatoms. The lowest BCUT2D eigenvalue weighted by molar-refractivity contribution is -0.150. The summed E-state index contributed by atoms with van der Waals surface area (Å²) in [5.74, 6) is -2.45. The number of imide groups is 1. The number of benzene rings is 2. The highest BCUT2D eigenvalue weighted by molar-refractivity contribution is 6.22. The van der Waals surface area contributed by atoms with Crippen LogP contribution in [0.4, 0.5) is 5.69 Å². The largest absolute Gasteiger partial charge is 0.454 e. The first-order chi connectivity index (χ1) is 12.9. The van der Waals surface area contributed by atoms with E-state index in [1.54, 1.807) is 24.3 Å². The van der Waals surface area contributed by atoms with Gasteiger partial charge in [0, 0.05) is 5.69 Å². The van der Waals surface area contributed by atoms with Gasteiger partial charge in [0.05, 0.1) is 11.1 Å². The number of hydrogen-bond donors (Lipinski definition) is 1. The first kappa shape index (κ1) is 18.3. The number of hydrogen-bond acceptors (Lipinski definition) is 5. The molecule has 1 unspecified atom stereocenters. The summed E-state index contributed by atoms with van der Waals surface area (Å²) >= 11 is 0. The summed E-state index contributed by atoms with van der Waals surface area (Å²) < 4.78 is 4.97. The smallest absolute Gasteiger partial charge is 0.329 e. The van der Waals surface area contributed by atoms with Gasteiger partial charge >= 0.3 is 5.97 Å². The Labute approximate surface area is 155 Å². The third kappa shape index (κ3) is 3.72. The van der Waals surface area contributed by atoms with E-state index in [1.807, 2.05) is 19.1 Å². The lowest BCUT2D eigenvalue weighted by Gasteiger charge is -2.20. The van der Waals surface area contributed by atoms with E-state index in [1.165, 1.54) is 19.1 Å². The molecular weight excluding hydrogens is 348 g/mol. The number of carbonyl (C=O) groups excluding carboxylic acids is 4. The van der Waals surface area contributed by atoms with Crippen molar-refractivity contribution in [2.45, 2.75) is 19.9 Å². The van der Waals surface area contributed by atoms with Crippen molar-refractivity contribution < 1.29 is 23.9 Å². The van der Waals surface area contributed by atoms with E-state index >= 15 is 0 Å². The molecule has 2 aromatic rings. The number of fused-ring (bicyclic) bond motifs is 1. The molecule has 7 nitrogen and oxygen atoms in total. The molecule has 27 heavy (non-hydrogen) atoms. The van der Waals surface area contributed by atoms with Crippen molar-refractivity contribution in [3.8, 4) is 0 Å². The van der Waals surface area contributed by atoms with Crippen molar-refractivity contribution in [1.82, 2.24) is 4.90 Å². The van der Waals surface area contributed by atoms with Gasteiger partial charge in [-0.3, -0.25) is 19.3 Å². The number of anilines is 1. The third-order valence-corrected chi connectivity index (χ3v) is 4.23. The second-order valence-corrected chi connectivity index (χ2v) is 6.22. The van der Waals surface area contributed by atoms with Crippen molar-refractivity contribution in [1.29, 1.82) is 0 Å². The standard InChI is InChI=1S/C20H18N2O5/c1-12-7-9-14(10-8-12)21-17(23)11-27-20(26)13(2)22-18(24)15-5-3-4-6-16(15)19(22)25/h3-10,13H,11H2,1-2H3,(H,21,23). The van der Waals surface area contributed by atoms with Crippen LogP contribution in [0, 0.1) is 6.92 Å². The molecule has 1 atom stereocenters. The van der Waals surface area contributed by atoms with Crippen LogP contribution in [0.2, 0.25) is 0 Å². The number of carbonyl (C=O) groups is 4. The highest BCUT2D eigenvalue weighted by Gasteiger charge is 2.41. The molecule has 3 rings (SSSR count). The average molecular weight is 366 g/mol. The Bertz CT molecular complexity index is 885. The number of aryl methyl sites for hydroxylation is 1. The van der Waals surface area contributed by atoms with Crippen LogP contribution in [0.3, 0.4) is 0 Å². The first-order valence-corrected chi connectivity index (χ1v) is 8.38. The minimum Gasteiger partial charge on any atom is -0.454 e. The Hall–Kier alpha value is -3.48. The molecule has 3 amide bonds. The Morgan fingerprint density at radius 1 is 1.00 bits per heavy atom. The molecule has 0 radical (unpaired) electrons. The zero-order chi connectivity index (χ0) is 19.6. The van der Waals surface area contributed by atoms with Gasteiger partial charge in [-0.1, -0.05) is 29.8 Å². The van der Waals surface area contributed by atoms with Gasteiger partial charge in [-0.05, 0) is 38.1 Å². The quantitative estimate of drug-likeness (QED) is 0.647. The van der Waals surface area contributed by atoms with Gasteiger partial charge in [0.25, 0.3) is 17.7 Å². The molecule has 0 bridgehead atoms. The van der Waals surface area contributed by atoms with Crippen LogP contribution in [0.1, 0.15) is 33.2 Å². The molecule has 1 N–H and O–H groups in total. The molecular formula is C20H18N2O5. The number of rotatable bonds is 5. The number of nitrogens with zero attached hydrogens (tertiary/aromatic N) is 1. The van der Waals surface area contributed by atoms with E-state index in [2.05, 4.69) is 5.32 Å². The second kappa shape index (κ2) is 7.41. The topological polar surface area (TPSA) is 92.8 Å². The summed E-state index contributed by atoms with van der Waals surface area (Å²) in [5.41, 5.74) is 2.13. The van der Waals surface area contributed by atoms with Gasteiger partial charge in [0.15, 0.2) is 6.61 Å². The maximum absolute atomic E-state index is 12.4. The fourth-order valence-electron chi connectivity index (χ4n) is 2.76. The van der Waals surface area contributed by atoms with E-state index in [-0.39, 0.29) is 11.1 Å². The molecule has 2 aromatic carbocycles. The van der Waals surface area contributed by atoms with Gasteiger partial charge in [-0.25, -0.2) is 4.79 Å². The van der Waals surface area contributed by atoms with Gasteiger partial charge < -0.3 is 10.1 Å². The Morgan fingerprint density at radius 2 is 1.56 bits per heavy atom. The Morgan fingerprint density at radius 3 is 2.11 bits per heavy atom. The first-order valence-electron chi connectivity index (χ1n) is 8.38. The number of amides is 3. The van der Waals surface area contributed by atoms with Crippen molar-refractivity contribution in [2.24, 2.45) is 0 Å². The Kier molecular flexibility index (Phi) is 5.03. The van der Waals surface area contributed by atoms with Crippen molar-refractivity contribution in [3.63, 3.8) is 0 Å². The van der Waals surface area contributed by atoms with E-state index in [9.17, 15) is 19.2 Å². The fraction of sp³-hybridized carbons (Fsp3) is 0.200. The lowest BCUT2D eigenvalue weighted by atomic mass is 10.1. The van der Waals surface area contributed by atoms with Gasteiger partial charge in [0.1, 0.15) is 6.04 Å². The number of ether oxygens (including phenoxy) is 1. The van der Waals surface area contributed by atoms with Crippen molar-refractivity contribution in [3.05, 3.63) is 65.2 Å². The van der Waals surface area contributed by atoms with Gasteiger partial charge in [-0.2, -0.15) is 0 Å². The maximum Gasteiger partial charge on any atom is 0.329 e. The predicted octanol–water partition coefficient (Wildman–Crippen LogP) is 2.16. The number of nitrogens with one attached hydrogen (secondary N) is 1. The van der Waals surface area contributed by atoms with Crippen LogP contribution in [-0.4, -0.2) is 41.2 Å². The van der Waals surface area contributed by atoms with E-state index in [4.69, 9.17) is 4.74 Å². The highest BCUT2D eigenvalue weighted by atomic mass is 16.5. The van der Waals surface area contributed by atoms with Crippen LogP contribution in [0.15, 0.2) is 48.5 Å². The maximum atomic E-state index is 12.4. The minimum absolute atomic E-state index is 0.249. The monoisotopic (exact) mass is 366 g/mol. The summed E-state index contributed by atoms with van der Waals surface area (Å²) in [6, 6.07) is 12.4. The summed E-state index contributed by atoms with van der Waals surface area (Å²) in [6.07, 6.45) is 0. The summed E-state index contributed by atoms with van der Waals surface area (Å²) in [7, 11) is 0. The fourth-order valence-corrected chi connectivity index (χ4v) is 2.76. The van der Waals surface area contributed by atoms with Crippen molar-refractivity contribution in [2.75, 3.05) is 11.9 Å². The number of esters is 1. The average Bonchev–Trinajstić information content (AvgIpc) is 2.92. The SMILES string of the molecule is Cc1ccc(NC(=O)COC(=O)C(C)N2C(=O)c3ccccc3C2=O)cc1. The van der Waals surface area contributed by atoms with Crippen LogP contribution in [0.5, 0.6) is 0 Å². The van der Waals surface area contributed by atoms with Crippen LogP contribution < -0.4 is 5.32 Å². The molecule has 0 saturated carbocycles. The third-order valence-electron chi connectivity index (χ3n) is 4.23. The highest BCUT2D eigenvalue weighted by Crippen LogP contribution is 2.24. The van der Waals surface area contributed by atoms with E-state index < -0.39 is 36.3 Å². The van der Waals surface area contributed by atoms with Crippen LogP contribution in [0.25, 0.3) is 0 Å². The molecule has 138 valence electrons. The molecule has 1 heterocycles. The molecule has 0 aliphatic carbocycles.